The number of nitrogens with zero attached hydrogens (tertiary/aromatic N) is 3. The molecule has 0 aliphatic carbocycles. The minimum Gasteiger partial charge on any atom is -0.311 e. The van der Waals surface area contributed by atoms with E-state index in [0.29, 0.717) is 0 Å². The van der Waals surface area contributed by atoms with E-state index in [0.717, 1.165) is 30.7 Å². The third-order valence-corrected chi connectivity index (χ3v) is 4.17. The second-order valence-electron chi connectivity index (χ2n) is 5.39. The van der Waals surface area contributed by atoms with Crippen LogP contribution in [-0.2, 0) is 12.1 Å². The average Bonchev–Trinajstić information content (AvgIpc) is 3.03. The van der Waals surface area contributed by atoms with Gasteiger partial charge < -0.3 is 9.88 Å². The lowest BCUT2D eigenvalue weighted by atomic mass is 9.91. The summed E-state index contributed by atoms with van der Waals surface area (Å²) in [6.07, 6.45) is 6.60. The number of hydrogen-bond donors (Lipinski definition) is 1. The molecule has 2 aromatic heterocycles. The fraction of sp³-hybridized carbons (Fsp3) is 0.600. The van der Waals surface area contributed by atoms with Gasteiger partial charge in [-0.25, -0.2) is 9.97 Å². The van der Waals surface area contributed by atoms with E-state index >= 15 is 0 Å². The Hall–Kier alpha value is -1.42. The Morgan fingerprint density at radius 1 is 1.42 bits per heavy atom. The number of imidazole rings is 1. The molecule has 3 rings (SSSR count). The third-order valence-electron chi connectivity index (χ3n) is 4.17. The number of fused-ring (bicyclic) bond motifs is 1. The van der Waals surface area contributed by atoms with Crippen molar-refractivity contribution < 1.29 is 0 Å². The van der Waals surface area contributed by atoms with Gasteiger partial charge >= 0.3 is 0 Å². The first-order valence-electron chi connectivity index (χ1n) is 7.37. The lowest BCUT2D eigenvalue weighted by Crippen LogP contribution is -2.39. The van der Waals surface area contributed by atoms with Crippen molar-refractivity contribution in [2.45, 2.75) is 51.6 Å². The Morgan fingerprint density at radius 2 is 2.32 bits per heavy atom. The molecule has 3 heterocycles. The number of nitrogens with one attached hydrogen (secondary N) is 1. The Morgan fingerprint density at radius 3 is 3.00 bits per heavy atom. The number of pyridine rings is 1. The zero-order chi connectivity index (χ0) is 13.3. The van der Waals surface area contributed by atoms with Gasteiger partial charge in [0.2, 0.25) is 0 Å². The predicted molar refractivity (Wildman–Crippen MR) is 77.0 cm³/mol. The summed E-state index contributed by atoms with van der Waals surface area (Å²) in [5.74, 6) is 1.18. The van der Waals surface area contributed by atoms with Gasteiger partial charge in [-0.05, 0) is 44.9 Å². The molecule has 102 valence electrons. The normalized spacial score (nSPS) is 23.3. The van der Waals surface area contributed by atoms with E-state index in [4.69, 9.17) is 4.98 Å². The Balaban J connectivity index is 2.17. The SMILES string of the molecule is CCCC1(c2nc3cccnc3n2CC)CCCN1. The molecule has 19 heavy (non-hydrogen) atoms. The summed E-state index contributed by atoms with van der Waals surface area (Å²) in [6, 6.07) is 4.03. The van der Waals surface area contributed by atoms with Crippen molar-refractivity contribution in [3.8, 4) is 0 Å². The summed E-state index contributed by atoms with van der Waals surface area (Å²) in [5, 5.41) is 3.71. The van der Waals surface area contributed by atoms with Gasteiger partial charge in [0.05, 0.1) is 5.54 Å². The molecule has 1 aliphatic rings. The topological polar surface area (TPSA) is 42.7 Å². The van der Waals surface area contributed by atoms with Crippen LogP contribution in [0.2, 0.25) is 0 Å². The largest absolute Gasteiger partial charge is 0.311 e. The minimum absolute atomic E-state index is 0.0610. The van der Waals surface area contributed by atoms with Crippen molar-refractivity contribution in [2.24, 2.45) is 0 Å². The second kappa shape index (κ2) is 4.93. The maximum absolute atomic E-state index is 4.89. The van der Waals surface area contributed by atoms with Gasteiger partial charge in [-0.15, -0.1) is 0 Å². The van der Waals surface area contributed by atoms with Crippen molar-refractivity contribution in [1.29, 1.82) is 0 Å². The monoisotopic (exact) mass is 258 g/mol. The van der Waals surface area contributed by atoms with E-state index in [9.17, 15) is 0 Å². The maximum Gasteiger partial charge on any atom is 0.160 e. The van der Waals surface area contributed by atoms with Crippen LogP contribution in [0.25, 0.3) is 11.2 Å². The first kappa shape index (κ1) is 12.6. The van der Waals surface area contributed by atoms with Crippen molar-refractivity contribution in [2.75, 3.05) is 6.54 Å². The van der Waals surface area contributed by atoms with Gasteiger partial charge in [0, 0.05) is 12.7 Å². The van der Waals surface area contributed by atoms with Crippen LogP contribution in [0.4, 0.5) is 0 Å². The van der Waals surface area contributed by atoms with Gasteiger partial charge in [-0.1, -0.05) is 13.3 Å². The van der Waals surface area contributed by atoms with Gasteiger partial charge in [0.25, 0.3) is 0 Å². The van der Waals surface area contributed by atoms with E-state index < -0.39 is 0 Å². The molecule has 4 heteroatoms. The van der Waals surface area contributed by atoms with E-state index in [1.165, 1.54) is 25.1 Å². The van der Waals surface area contributed by atoms with Crippen LogP contribution in [0, 0.1) is 0 Å². The zero-order valence-corrected chi connectivity index (χ0v) is 11.8. The highest BCUT2D eigenvalue weighted by Gasteiger charge is 2.38. The summed E-state index contributed by atoms with van der Waals surface area (Å²) in [4.78, 5) is 9.40. The number of hydrogen-bond acceptors (Lipinski definition) is 3. The summed E-state index contributed by atoms with van der Waals surface area (Å²) in [6.45, 7) is 6.45. The highest BCUT2D eigenvalue weighted by molar-refractivity contribution is 5.71. The molecule has 0 bridgehead atoms. The molecular formula is C15H22N4. The van der Waals surface area contributed by atoms with Crippen LogP contribution in [0.15, 0.2) is 18.3 Å². The molecule has 0 aromatic carbocycles. The highest BCUT2D eigenvalue weighted by atomic mass is 15.2. The molecule has 1 atom stereocenters. The number of aromatic nitrogens is 3. The van der Waals surface area contributed by atoms with Crippen LogP contribution in [0.5, 0.6) is 0 Å². The molecule has 0 radical (unpaired) electrons. The molecular weight excluding hydrogens is 236 g/mol. The van der Waals surface area contributed by atoms with Gasteiger partial charge in [-0.3, -0.25) is 0 Å². The third kappa shape index (κ3) is 1.94. The zero-order valence-electron chi connectivity index (χ0n) is 11.8. The van der Waals surface area contributed by atoms with E-state index in [1.807, 2.05) is 12.3 Å². The predicted octanol–water partition coefficient (Wildman–Crippen LogP) is 2.83. The lowest BCUT2D eigenvalue weighted by Gasteiger charge is -2.29. The Labute approximate surface area is 114 Å². The van der Waals surface area contributed by atoms with Crippen molar-refractivity contribution in [3.05, 3.63) is 24.2 Å². The molecule has 0 spiro atoms. The molecule has 1 fully saturated rings. The second-order valence-corrected chi connectivity index (χ2v) is 5.39. The molecule has 4 nitrogen and oxygen atoms in total. The van der Waals surface area contributed by atoms with Gasteiger partial charge in [-0.2, -0.15) is 0 Å². The van der Waals surface area contributed by atoms with Crippen LogP contribution < -0.4 is 5.32 Å². The summed E-state index contributed by atoms with van der Waals surface area (Å²) >= 11 is 0. The van der Waals surface area contributed by atoms with E-state index in [2.05, 4.69) is 34.8 Å². The average molecular weight is 258 g/mol. The van der Waals surface area contributed by atoms with Crippen LogP contribution in [0.1, 0.15) is 45.4 Å². The minimum atomic E-state index is 0.0610. The summed E-state index contributed by atoms with van der Waals surface area (Å²) < 4.78 is 2.28. The fourth-order valence-corrected chi connectivity index (χ4v) is 3.37. The Bertz CT molecular complexity index is 567. The van der Waals surface area contributed by atoms with Crippen molar-refractivity contribution in [1.82, 2.24) is 19.9 Å². The molecule has 2 aromatic rings. The van der Waals surface area contributed by atoms with Crippen LogP contribution in [0.3, 0.4) is 0 Å². The Kier molecular flexibility index (Phi) is 3.27. The summed E-state index contributed by atoms with van der Waals surface area (Å²) in [7, 11) is 0. The van der Waals surface area contributed by atoms with Crippen LogP contribution in [-0.4, -0.2) is 21.1 Å². The van der Waals surface area contributed by atoms with Crippen LogP contribution >= 0.6 is 0 Å². The standard InChI is InChI=1S/C15H22N4/c1-3-8-15(9-6-11-17-15)14-18-12-7-5-10-16-13(12)19(14)4-2/h5,7,10,17H,3-4,6,8-9,11H2,1-2H3. The maximum atomic E-state index is 4.89. The van der Waals surface area contributed by atoms with E-state index in [1.54, 1.807) is 0 Å². The molecule has 1 aliphatic heterocycles. The van der Waals surface area contributed by atoms with Gasteiger partial charge in [0.15, 0.2) is 5.65 Å². The molecule has 0 amide bonds. The number of rotatable bonds is 4. The molecule has 1 saturated heterocycles. The molecule has 0 saturated carbocycles. The number of aryl methyl sites for hydroxylation is 1. The molecule has 1 unspecified atom stereocenters. The quantitative estimate of drug-likeness (QED) is 0.917. The highest BCUT2D eigenvalue weighted by Crippen LogP contribution is 2.36. The lowest BCUT2D eigenvalue weighted by molar-refractivity contribution is 0.323. The molecule has 1 N–H and O–H groups in total. The summed E-state index contributed by atoms with van der Waals surface area (Å²) in [5.41, 5.74) is 2.10. The van der Waals surface area contributed by atoms with Gasteiger partial charge in [0.1, 0.15) is 11.3 Å². The first-order chi connectivity index (χ1) is 9.30. The fourth-order valence-electron chi connectivity index (χ4n) is 3.37. The van der Waals surface area contributed by atoms with Crippen molar-refractivity contribution >= 4 is 11.2 Å². The van der Waals surface area contributed by atoms with Crippen molar-refractivity contribution in [3.63, 3.8) is 0 Å². The first-order valence-corrected chi connectivity index (χ1v) is 7.37. The smallest absolute Gasteiger partial charge is 0.160 e. The van der Waals surface area contributed by atoms with E-state index in [-0.39, 0.29) is 5.54 Å².